The Balaban J connectivity index is 0.00000225. The number of hydrogen-bond donors (Lipinski definition) is 2. The minimum Gasteiger partial charge on any atom is -0.506 e. The Bertz CT molecular complexity index is 383. The minimum atomic E-state index is -4.84. The summed E-state index contributed by atoms with van der Waals surface area (Å²) >= 11 is 5.34. The maximum absolute atomic E-state index is 13.0. The van der Waals surface area contributed by atoms with Gasteiger partial charge in [0.15, 0.2) is 0 Å². The number of phenols is 1. The van der Waals surface area contributed by atoms with Crippen molar-refractivity contribution in [2.24, 2.45) is 5.73 Å². The van der Waals surface area contributed by atoms with Crippen LogP contribution in [0.5, 0.6) is 5.75 Å². The van der Waals surface area contributed by atoms with E-state index in [4.69, 9.17) is 22.4 Å². The highest BCUT2D eigenvalue weighted by Gasteiger charge is 2.41. The van der Waals surface area contributed by atoms with E-state index in [0.717, 1.165) is 6.07 Å². The summed E-state index contributed by atoms with van der Waals surface area (Å²) in [6, 6.07) is -0.946. The molecule has 0 fully saturated rings. The lowest BCUT2D eigenvalue weighted by Gasteiger charge is -2.18. The van der Waals surface area contributed by atoms with Gasteiger partial charge in [-0.1, -0.05) is 11.6 Å². The average Bonchev–Trinajstić information content (AvgIpc) is 2.10. The maximum atomic E-state index is 13.0. The van der Waals surface area contributed by atoms with Gasteiger partial charge in [-0.25, -0.2) is 4.39 Å². The summed E-state index contributed by atoms with van der Waals surface area (Å²) in [5, 5.41) is 8.78. The van der Waals surface area contributed by atoms with Crippen molar-refractivity contribution in [3.63, 3.8) is 0 Å². The van der Waals surface area contributed by atoms with Crippen LogP contribution in [0.4, 0.5) is 17.6 Å². The lowest BCUT2D eigenvalue weighted by atomic mass is 10.1. The van der Waals surface area contributed by atoms with E-state index in [0.29, 0.717) is 6.07 Å². The Labute approximate surface area is 99.4 Å². The van der Waals surface area contributed by atoms with Gasteiger partial charge in [0.05, 0.1) is 10.6 Å². The monoisotopic (exact) mass is 279 g/mol. The number of aromatic hydroxyl groups is 1. The smallest absolute Gasteiger partial charge is 0.407 e. The van der Waals surface area contributed by atoms with E-state index in [1.54, 1.807) is 0 Å². The third-order valence-corrected chi connectivity index (χ3v) is 2.08. The van der Waals surface area contributed by atoms with Gasteiger partial charge in [0.25, 0.3) is 0 Å². The number of hydrogen-bond acceptors (Lipinski definition) is 2. The van der Waals surface area contributed by atoms with Gasteiger partial charge >= 0.3 is 6.18 Å². The van der Waals surface area contributed by atoms with Gasteiger partial charge in [-0.15, -0.1) is 12.4 Å². The predicted octanol–water partition coefficient (Wildman–Crippen LogP) is 3.17. The molecule has 1 aromatic rings. The molecule has 1 rings (SSSR count). The third-order valence-electron chi connectivity index (χ3n) is 1.78. The number of nitrogens with two attached hydrogens (primary N) is 1. The van der Waals surface area contributed by atoms with Crippen LogP contribution in [0.15, 0.2) is 12.1 Å². The largest absolute Gasteiger partial charge is 0.506 e. The minimum absolute atomic E-state index is 0. The van der Waals surface area contributed by atoms with Crippen molar-refractivity contribution in [2.45, 2.75) is 12.2 Å². The van der Waals surface area contributed by atoms with Gasteiger partial charge in [0.1, 0.15) is 17.6 Å². The van der Waals surface area contributed by atoms with Crippen molar-refractivity contribution in [3.8, 4) is 5.75 Å². The molecular weight excluding hydrogens is 273 g/mol. The number of rotatable bonds is 1. The molecule has 0 saturated carbocycles. The van der Waals surface area contributed by atoms with Crippen LogP contribution in [0.1, 0.15) is 11.6 Å². The lowest BCUT2D eigenvalue weighted by molar-refractivity contribution is -0.150. The normalized spacial score (nSPS) is 13.1. The highest BCUT2D eigenvalue weighted by atomic mass is 35.5. The number of alkyl halides is 3. The Morgan fingerprint density at radius 2 is 1.81 bits per heavy atom. The molecule has 0 radical (unpaired) electrons. The Hall–Kier alpha value is -0.720. The van der Waals surface area contributed by atoms with Crippen molar-refractivity contribution in [1.82, 2.24) is 0 Å². The quantitative estimate of drug-likeness (QED) is 0.776. The molecule has 8 heteroatoms. The van der Waals surface area contributed by atoms with Crippen LogP contribution in [0.3, 0.4) is 0 Å². The predicted molar refractivity (Wildman–Crippen MR) is 53.3 cm³/mol. The summed E-state index contributed by atoms with van der Waals surface area (Å²) in [4.78, 5) is 0. The van der Waals surface area contributed by atoms with E-state index in [2.05, 4.69) is 0 Å². The third kappa shape index (κ3) is 2.90. The summed E-state index contributed by atoms with van der Waals surface area (Å²) in [6.07, 6.45) is -4.84. The molecule has 0 aliphatic heterocycles. The summed E-state index contributed by atoms with van der Waals surface area (Å²) in [5.74, 6) is -2.23. The number of phenolic OH excluding ortho intramolecular Hbond substituents is 1. The molecule has 0 aromatic heterocycles. The van der Waals surface area contributed by atoms with E-state index < -0.39 is 29.3 Å². The topological polar surface area (TPSA) is 46.2 Å². The van der Waals surface area contributed by atoms with Gasteiger partial charge in [-0.3, -0.25) is 0 Å². The molecule has 0 spiro atoms. The van der Waals surface area contributed by atoms with Gasteiger partial charge in [0.2, 0.25) is 0 Å². The van der Waals surface area contributed by atoms with Crippen LogP contribution in [-0.2, 0) is 0 Å². The molecule has 0 aliphatic carbocycles. The second-order valence-corrected chi connectivity index (χ2v) is 3.22. The molecule has 2 nitrogen and oxygen atoms in total. The van der Waals surface area contributed by atoms with E-state index >= 15 is 0 Å². The lowest BCUT2D eigenvalue weighted by Crippen LogP contribution is -2.29. The van der Waals surface area contributed by atoms with Crippen LogP contribution in [0, 0.1) is 5.82 Å². The van der Waals surface area contributed by atoms with Crippen molar-refractivity contribution in [3.05, 3.63) is 28.5 Å². The zero-order chi connectivity index (χ0) is 11.8. The molecule has 0 saturated heterocycles. The van der Waals surface area contributed by atoms with Crippen molar-refractivity contribution < 1.29 is 22.7 Å². The molecule has 1 aromatic carbocycles. The fourth-order valence-electron chi connectivity index (χ4n) is 1.02. The Kier molecular flexibility index (Phi) is 4.85. The van der Waals surface area contributed by atoms with Gasteiger partial charge in [-0.05, 0) is 12.1 Å². The van der Waals surface area contributed by atoms with E-state index in [1.807, 2.05) is 0 Å². The fourth-order valence-corrected chi connectivity index (χ4v) is 1.18. The van der Waals surface area contributed by atoms with E-state index in [-0.39, 0.29) is 17.4 Å². The van der Waals surface area contributed by atoms with Gasteiger partial charge in [0, 0.05) is 0 Å². The molecule has 0 aliphatic rings. The van der Waals surface area contributed by atoms with Crippen LogP contribution in [-0.4, -0.2) is 11.3 Å². The van der Waals surface area contributed by atoms with Crippen molar-refractivity contribution in [1.29, 1.82) is 0 Å². The molecular formula is C8H7Cl2F4NO. The van der Waals surface area contributed by atoms with Crippen molar-refractivity contribution >= 4 is 24.0 Å². The second kappa shape index (κ2) is 5.07. The summed E-state index contributed by atoms with van der Waals surface area (Å²) in [5.41, 5.74) is 3.71. The molecule has 1 atom stereocenters. The fraction of sp³-hybridized carbons (Fsp3) is 0.250. The molecule has 92 valence electrons. The zero-order valence-corrected chi connectivity index (χ0v) is 9.13. The van der Waals surface area contributed by atoms with Gasteiger partial charge in [-0.2, -0.15) is 13.2 Å². The highest BCUT2D eigenvalue weighted by Crippen LogP contribution is 2.39. The molecule has 3 N–H and O–H groups in total. The molecule has 0 amide bonds. The SMILES string of the molecule is Cl.N[C@H](c1c(F)ccc(Cl)c1O)C(F)(F)F. The maximum Gasteiger partial charge on any atom is 0.407 e. The highest BCUT2D eigenvalue weighted by molar-refractivity contribution is 6.32. The molecule has 0 unspecified atom stereocenters. The summed E-state index contributed by atoms with van der Waals surface area (Å²) in [6.45, 7) is 0. The van der Waals surface area contributed by atoms with Crippen LogP contribution >= 0.6 is 24.0 Å². The zero-order valence-electron chi connectivity index (χ0n) is 7.55. The second-order valence-electron chi connectivity index (χ2n) is 2.81. The molecule has 0 bridgehead atoms. The average molecular weight is 280 g/mol. The van der Waals surface area contributed by atoms with Gasteiger partial charge < -0.3 is 10.8 Å². The van der Waals surface area contributed by atoms with E-state index in [1.165, 1.54) is 0 Å². The standard InChI is InChI=1S/C8H6ClF4NO.ClH/c9-3-1-2-4(10)5(6(3)15)7(14)8(11,12)13;/h1-2,7,15H,14H2;1H/t7-;/m1./s1. The van der Waals surface area contributed by atoms with Crippen LogP contribution in [0.2, 0.25) is 5.02 Å². The Morgan fingerprint density at radius 3 is 2.25 bits per heavy atom. The van der Waals surface area contributed by atoms with Crippen LogP contribution < -0.4 is 5.73 Å². The molecule has 0 heterocycles. The number of halogens is 6. The first-order valence-corrected chi connectivity index (χ1v) is 4.12. The first kappa shape index (κ1) is 15.3. The first-order valence-electron chi connectivity index (χ1n) is 3.74. The van der Waals surface area contributed by atoms with E-state index in [9.17, 15) is 17.6 Å². The number of benzene rings is 1. The summed E-state index contributed by atoms with van der Waals surface area (Å²) < 4.78 is 49.6. The Morgan fingerprint density at radius 1 is 1.31 bits per heavy atom. The van der Waals surface area contributed by atoms with Crippen molar-refractivity contribution in [2.75, 3.05) is 0 Å². The first-order chi connectivity index (χ1) is 6.75. The van der Waals surface area contributed by atoms with Crippen LogP contribution in [0.25, 0.3) is 0 Å². The molecule has 16 heavy (non-hydrogen) atoms. The summed E-state index contributed by atoms with van der Waals surface area (Å²) in [7, 11) is 0.